The highest BCUT2D eigenvalue weighted by atomic mass is 31.1. The zero-order valence-electron chi connectivity index (χ0n) is 8.68. The fraction of sp³-hybridized carbons (Fsp3) is 0. The molecule has 0 amide bonds. The Labute approximate surface area is 96.6 Å². The van der Waals surface area contributed by atoms with Gasteiger partial charge in [-0.3, -0.25) is 0 Å². The molecule has 2 aromatic rings. The van der Waals surface area contributed by atoms with Crippen molar-refractivity contribution in [3.63, 3.8) is 0 Å². The molecule has 16 heavy (non-hydrogen) atoms. The molecule has 2 heteroatoms. The zero-order chi connectivity index (χ0) is 10.8. The van der Waals surface area contributed by atoms with E-state index in [0.717, 1.165) is 5.75 Å². The van der Waals surface area contributed by atoms with Gasteiger partial charge in [0.15, 0.2) is 0 Å². The summed E-state index contributed by atoms with van der Waals surface area (Å²) in [5, 5.41) is 0. The van der Waals surface area contributed by atoms with Crippen molar-refractivity contribution in [3.8, 4) is 5.75 Å². The van der Waals surface area contributed by atoms with Gasteiger partial charge in [-0.1, -0.05) is 48.5 Å². The summed E-state index contributed by atoms with van der Waals surface area (Å²) in [7, 11) is 0.413. The van der Waals surface area contributed by atoms with Crippen molar-refractivity contribution < 1.29 is 4.52 Å². The molecule has 3 rings (SSSR count). The SMILES string of the molecule is C1=C(c2ccccc2)c2ccccc2OP1. The van der Waals surface area contributed by atoms with E-state index in [-0.39, 0.29) is 0 Å². The van der Waals surface area contributed by atoms with Gasteiger partial charge >= 0.3 is 0 Å². The molecular formula is C14H11OP. The number of hydrogen-bond donors (Lipinski definition) is 0. The highest BCUT2D eigenvalue weighted by Crippen LogP contribution is 2.40. The van der Waals surface area contributed by atoms with Crippen LogP contribution in [0.4, 0.5) is 0 Å². The van der Waals surface area contributed by atoms with Gasteiger partial charge in [0.05, 0.1) is 8.81 Å². The van der Waals surface area contributed by atoms with Gasteiger partial charge in [0.2, 0.25) is 0 Å². The smallest absolute Gasteiger partial charge is 0.131 e. The maximum absolute atomic E-state index is 5.63. The van der Waals surface area contributed by atoms with E-state index in [0.29, 0.717) is 8.81 Å². The lowest BCUT2D eigenvalue weighted by atomic mass is 9.99. The Balaban J connectivity index is 2.13. The van der Waals surface area contributed by atoms with Gasteiger partial charge in [-0.25, -0.2) is 0 Å². The van der Waals surface area contributed by atoms with E-state index >= 15 is 0 Å². The summed E-state index contributed by atoms with van der Waals surface area (Å²) in [6.45, 7) is 0. The first-order chi connectivity index (χ1) is 7.95. The summed E-state index contributed by atoms with van der Waals surface area (Å²) in [6, 6.07) is 18.6. The topological polar surface area (TPSA) is 9.23 Å². The summed E-state index contributed by atoms with van der Waals surface area (Å²) in [6.07, 6.45) is 0. The average molecular weight is 226 g/mol. The lowest BCUT2D eigenvalue weighted by Gasteiger charge is -2.18. The van der Waals surface area contributed by atoms with Crippen LogP contribution >= 0.6 is 8.81 Å². The Kier molecular flexibility index (Phi) is 2.47. The van der Waals surface area contributed by atoms with E-state index in [1.807, 2.05) is 24.3 Å². The molecular weight excluding hydrogens is 215 g/mol. The normalized spacial score (nSPS) is 15.1. The molecule has 0 radical (unpaired) electrons. The minimum atomic E-state index is 0.413. The predicted octanol–water partition coefficient (Wildman–Crippen LogP) is 4.06. The number of fused-ring (bicyclic) bond motifs is 1. The number of para-hydroxylation sites is 1. The monoisotopic (exact) mass is 226 g/mol. The van der Waals surface area contributed by atoms with Gasteiger partial charge in [0.1, 0.15) is 5.75 Å². The molecule has 1 aliphatic rings. The molecule has 78 valence electrons. The molecule has 0 spiro atoms. The summed E-state index contributed by atoms with van der Waals surface area (Å²) < 4.78 is 5.63. The van der Waals surface area contributed by atoms with Gasteiger partial charge in [-0.05, 0) is 23.0 Å². The molecule has 1 aliphatic heterocycles. The van der Waals surface area contributed by atoms with Crippen LogP contribution in [0, 0.1) is 0 Å². The van der Waals surface area contributed by atoms with Gasteiger partial charge in [0.25, 0.3) is 0 Å². The van der Waals surface area contributed by atoms with Crippen LogP contribution < -0.4 is 4.52 Å². The van der Waals surface area contributed by atoms with E-state index in [1.165, 1.54) is 16.7 Å². The molecule has 2 aromatic carbocycles. The van der Waals surface area contributed by atoms with E-state index in [4.69, 9.17) is 4.52 Å². The van der Waals surface area contributed by atoms with Crippen molar-refractivity contribution in [1.29, 1.82) is 0 Å². The second kappa shape index (κ2) is 4.11. The van der Waals surface area contributed by atoms with Crippen LogP contribution in [0.5, 0.6) is 5.75 Å². The maximum atomic E-state index is 5.63. The Hall–Kier alpha value is -1.59. The first kappa shape index (κ1) is 9.62. The zero-order valence-corrected chi connectivity index (χ0v) is 9.68. The Morgan fingerprint density at radius 2 is 1.56 bits per heavy atom. The lowest BCUT2D eigenvalue weighted by Crippen LogP contribution is -1.94. The van der Waals surface area contributed by atoms with Crippen molar-refractivity contribution in [3.05, 3.63) is 71.5 Å². The highest BCUT2D eigenvalue weighted by Gasteiger charge is 2.13. The quantitative estimate of drug-likeness (QED) is 0.666. The largest absolute Gasteiger partial charge is 0.472 e. The third kappa shape index (κ3) is 1.64. The summed E-state index contributed by atoms with van der Waals surface area (Å²) >= 11 is 0. The maximum Gasteiger partial charge on any atom is 0.131 e. The number of hydrogen-bond acceptors (Lipinski definition) is 1. The second-order valence-electron chi connectivity index (χ2n) is 3.64. The third-order valence-electron chi connectivity index (χ3n) is 2.63. The molecule has 1 atom stereocenters. The van der Waals surface area contributed by atoms with E-state index < -0.39 is 0 Å². The molecule has 1 unspecified atom stereocenters. The predicted molar refractivity (Wildman–Crippen MR) is 68.9 cm³/mol. The Bertz CT molecular complexity index is 531. The minimum Gasteiger partial charge on any atom is -0.472 e. The van der Waals surface area contributed by atoms with Gasteiger partial charge in [-0.2, -0.15) is 0 Å². The highest BCUT2D eigenvalue weighted by molar-refractivity contribution is 7.37. The van der Waals surface area contributed by atoms with Crippen LogP contribution in [0.2, 0.25) is 0 Å². The average Bonchev–Trinajstić information content (AvgIpc) is 2.39. The van der Waals surface area contributed by atoms with Crippen LogP contribution in [0.1, 0.15) is 11.1 Å². The molecule has 0 N–H and O–H groups in total. The van der Waals surface area contributed by atoms with Crippen LogP contribution in [0.25, 0.3) is 5.57 Å². The fourth-order valence-corrected chi connectivity index (χ4v) is 2.67. The molecule has 1 heterocycles. The van der Waals surface area contributed by atoms with Gasteiger partial charge < -0.3 is 4.52 Å². The van der Waals surface area contributed by atoms with Crippen LogP contribution in [-0.2, 0) is 0 Å². The number of rotatable bonds is 1. The molecule has 0 bridgehead atoms. The standard InChI is InChI=1S/C14H11OP/c1-2-6-11(7-3-1)13-10-16-15-14-9-5-4-8-12(13)14/h1-10,16H. The Morgan fingerprint density at radius 1 is 0.812 bits per heavy atom. The van der Waals surface area contributed by atoms with E-state index in [2.05, 4.69) is 36.1 Å². The molecule has 1 nitrogen and oxygen atoms in total. The van der Waals surface area contributed by atoms with E-state index in [9.17, 15) is 0 Å². The molecule has 0 saturated heterocycles. The van der Waals surface area contributed by atoms with Crippen molar-refractivity contribution in [1.82, 2.24) is 0 Å². The van der Waals surface area contributed by atoms with Crippen LogP contribution in [-0.4, -0.2) is 0 Å². The fourth-order valence-electron chi connectivity index (χ4n) is 1.86. The first-order valence-electron chi connectivity index (χ1n) is 5.22. The van der Waals surface area contributed by atoms with Crippen LogP contribution in [0.15, 0.2) is 60.4 Å². The second-order valence-corrected chi connectivity index (χ2v) is 4.37. The van der Waals surface area contributed by atoms with Crippen molar-refractivity contribution >= 4 is 14.4 Å². The first-order valence-corrected chi connectivity index (χ1v) is 6.21. The summed E-state index contributed by atoms with van der Waals surface area (Å²) in [5.74, 6) is 3.15. The molecule has 0 aliphatic carbocycles. The molecule has 0 saturated carbocycles. The Morgan fingerprint density at radius 3 is 2.44 bits per heavy atom. The van der Waals surface area contributed by atoms with E-state index in [1.54, 1.807) is 0 Å². The van der Waals surface area contributed by atoms with Crippen LogP contribution in [0.3, 0.4) is 0 Å². The molecule has 0 fully saturated rings. The number of benzene rings is 2. The van der Waals surface area contributed by atoms with Crippen molar-refractivity contribution in [2.75, 3.05) is 0 Å². The summed E-state index contributed by atoms with van der Waals surface area (Å²) in [5.41, 5.74) is 3.72. The lowest BCUT2D eigenvalue weighted by molar-refractivity contribution is 0.632. The summed E-state index contributed by atoms with van der Waals surface area (Å²) in [4.78, 5) is 0. The molecule has 0 aromatic heterocycles. The minimum absolute atomic E-state index is 0.413. The van der Waals surface area contributed by atoms with Gasteiger partial charge in [-0.15, -0.1) is 0 Å². The van der Waals surface area contributed by atoms with Crippen molar-refractivity contribution in [2.24, 2.45) is 0 Å². The van der Waals surface area contributed by atoms with Gasteiger partial charge in [0, 0.05) is 5.56 Å². The van der Waals surface area contributed by atoms with Crippen molar-refractivity contribution in [2.45, 2.75) is 0 Å². The third-order valence-corrected chi connectivity index (χ3v) is 3.38.